The molecular formula is C32H28N2O4. The number of anilines is 2. The first-order valence-electron chi connectivity index (χ1n) is 12.5. The highest BCUT2D eigenvalue weighted by Crippen LogP contribution is 2.16. The van der Waals surface area contributed by atoms with Crippen LogP contribution >= 0.6 is 0 Å². The van der Waals surface area contributed by atoms with Crippen molar-refractivity contribution < 1.29 is 19.2 Å². The predicted molar refractivity (Wildman–Crippen MR) is 148 cm³/mol. The first kappa shape index (κ1) is 26.2. The van der Waals surface area contributed by atoms with E-state index in [1.165, 1.54) is 0 Å². The zero-order valence-electron chi connectivity index (χ0n) is 20.9. The third-order valence-corrected chi connectivity index (χ3v) is 5.99. The number of amides is 2. The van der Waals surface area contributed by atoms with E-state index >= 15 is 0 Å². The van der Waals surface area contributed by atoms with Gasteiger partial charge < -0.3 is 10.6 Å². The van der Waals surface area contributed by atoms with Crippen LogP contribution in [0.15, 0.2) is 109 Å². The van der Waals surface area contributed by atoms with Gasteiger partial charge in [-0.1, -0.05) is 60.7 Å². The lowest BCUT2D eigenvalue weighted by molar-refractivity contribution is -0.118. The molecule has 0 aromatic heterocycles. The average Bonchev–Trinajstić information content (AvgIpc) is 2.96. The minimum Gasteiger partial charge on any atom is -0.326 e. The standard InChI is InChI=1S/C32H28N2O4/c35-29(33-27-19-15-25(16-20-27)31(37)23-9-3-1-4-10-23)13-7-8-14-30(36)34-28-21-17-26(18-22-28)32(38)24-11-5-2-6-12-24/h1-6,9-12,15-22H,7-8,13-14H2,(H,33,35)(H,34,36). The van der Waals surface area contributed by atoms with Crippen LogP contribution in [0.25, 0.3) is 0 Å². The van der Waals surface area contributed by atoms with Crippen LogP contribution in [-0.2, 0) is 9.59 Å². The molecule has 4 aromatic rings. The number of rotatable bonds is 11. The molecule has 0 unspecified atom stereocenters. The van der Waals surface area contributed by atoms with Crippen molar-refractivity contribution in [1.29, 1.82) is 0 Å². The van der Waals surface area contributed by atoms with Crippen molar-refractivity contribution in [3.8, 4) is 0 Å². The Kier molecular flexibility index (Phi) is 8.92. The molecular weight excluding hydrogens is 476 g/mol. The van der Waals surface area contributed by atoms with Gasteiger partial charge in [-0.2, -0.15) is 0 Å². The van der Waals surface area contributed by atoms with Crippen molar-refractivity contribution >= 4 is 34.8 Å². The largest absolute Gasteiger partial charge is 0.326 e. The SMILES string of the molecule is O=C(CCCCC(=O)Nc1ccc(C(=O)c2ccccc2)cc1)Nc1ccc(C(=O)c2ccccc2)cc1. The van der Waals surface area contributed by atoms with Gasteiger partial charge in [-0.05, 0) is 61.4 Å². The zero-order valence-corrected chi connectivity index (χ0v) is 20.9. The molecule has 0 heterocycles. The van der Waals surface area contributed by atoms with Crippen LogP contribution in [0.2, 0.25) is 0 Å². The Hall–Kier alpha value is -4.84. The Morgan fingerprint density at radius 2 is 0.737 bits per heavy atom. The van der Waals surface area contributed by atoms with E-state index in [1.54, 1.807) is 72.8 Å². The molecule has 190 valence electrons. The minimum atomic E-state index is -0.147. The van der Waals surface area contributed by atoms with Gasteiger partial charge in [-0.25, -0.2) is 0 Å². The Morgan fingerprint density at radius 3 is 1.08 bits per heavy atom. The molecule has 6 nitrogen and oxygen atoms in total. The van der Waals surface area contributed by atoms with Gasteiger partial charge in [-0.3, -0.25) is 19.2 Å². The molecule has 0 aliphatic heterocycles. The van der Waals surface area contributed by atoms with E-state index < -0.39 is 0 Å². The number of benzene rings is 4. The summed E-state index contributed by atoms with van der Waals surface area (Å²) in [6.45, 7) is 0. The van der Waals surface area contributed by atoms with Gasteiger partial charge in [0.1, 0.15) is 0 Å². The smallest absolute Gasteiger partial charge is 0.224 e. The number of carbonyl (C=O) groups is 4. The van der Waals surface area contributed by atoms with Crippen LogP contribution in [0, 0.1) is 0 Å². The second kappa shape index (κ2) is 12.9. The molecule has 0 radical (unpaired) electrons. The van der Waals surface area contributed by atoms with Crippen LogP contribution in [0.1, 0.15) is 57.5 Å². The van der Waals surface area contributed by atoms with Gasteiger partial charge in [0, 0.05) is 46.5 Å². The maximum atomic E-state index is 12.5. The monoisotopic (exact) mass is 504 g/mol. The summed E-state index contributed by atoms with van der Waals surface area (Å²) < 4.78 is 0. The quantitative estimate of drug-likeness (QED) is 0.186. The van der Waals surface area contributed by atoms with Gasteiger partial charge in [0.05, 0.1) is 0 Å². The first-order valence-corrected chi connectivity index (χ1v) is 12.5. The van der Waals surface area contributed by atoms with Crippen molar-refractivity contribution in [1.82, 2.24) is 0 Å². The fourth-order valence-electron chi connectivity index (χ4n) is 3.94. The predicted octanol–water partition coefficient (Wildman–Crippen LogP) is 6.29. The molecule has 4 rings (SSSR count). The summed E-state index contributed by atoms with van der Waals surface area (Å²) in [6.07, 6.45) is 1.70. The van der Waals surface area contributed by atoms with Gasteiger partial charge in [0.2, 0.25) is 11.8 Å². The highest BCUT2D eigenvalue weighted by atomic mass is 16.2. The van der Waals surface area contributed by atoms with Gasteiger partial charge in [0.15, 0.2) is 11.6 Å². The molecule has 2 amide bonds. The van der Waals surface area contributed by atoms with Gasteiger partial charge >= 0.3 is 0 Å². The molecule has 0 bridgehead atoms. The molecule has 0 saturated heterocycles. The van der Waals surface area contributed by atoms with Crippen molar-refractivity contribution in [2.45, 2.75) is 25.7 Å². The maximum Gasteiger partial charge on any atom is 0.224 e. The Balaban J connectivity index is 1.16. The number of ketones is 2. The van der Waals surface area contributed by atoms with Crippen molar-refractivity contribution in [3.63, 3.8) is 0 Å². The van der Waals surface area contributed by atoms with Gasteiger partial charge in [-0.15, -0.1) is 0 Å². The minimum absolute atomic E-state index is 0.0710. The van der Waals surface area contributed by atoms with E-state index in [-0.39, 0.29) is 36.2 Å². The molecule has 0 fully saturated rings. The lowest BCUT2D eigenvalue weighted by atomic mass is 10.0. The topological polar surface area (TPSA) is 92.3 Å². The third-order valence-electron chi connectivity index (χ3n) is 5.99. The summed E-state index contributed by atoms with van der Waals surface area (Å²) in [7, 11) is 0. The average molecular weight is 505 g/mol. The van der Waals surface area contributed by atoms with Crippen LogP contribution in [0.5, 0.6) is 0 Å². The normalized spacial score (nSPS) is 10.4. The lowest BCUT2D eigenvalue weighted by Crippen LogP contribution is -2.13. The molecule has 0 atom stereocenters. The van der Waals surface area contributed by atoms with E-state index in [0.29, 0.717) is 46.5 Å². The number of hydrogen-bond acceptors (Lipinski definition) is 4. The third kappa shape index (κ3) is 7.34. The zero-order chi connectivity index (χ0) is 26.7. The van der Waals surface area contributed by atoms with Crippen LogP contribution < -0.4 is 10.6 Å². The fourth-order valence-corrected chi connectivity index (χ4v) is 3.94. The van der Waals surface area contributed by atoms with E-state index in [4.69, 9.17) is 0 Å². The van der Waals surface area contributed by atoms with E-state index in [2.05, 4.69) is 10.6 Å². The highest BCUT2D eigenvalue weighted by Gasteiger charge is 2.11. The summed E-state index contributed by atoms with van der Waals surface area (Å²) in [6, 6.07) is 31.7. The number of hydrogen-bond donors (Lipinski definition) is 2. The van der Waals surface area contributed by atoms with Gasteiger partial charge in [0.25, 0.3) is 0 Å². The summed E-state index contributed by atoms with van der Waals surface area (Å²) in [4.78, 5) is 49.5. The molecule has 0 aliphatic carbocycles. The Labute approximate surface area is 221 Å². The summed E-state index contributed by atoms with van der Waals surface area (Å²) in [5.74, 6) is -0.436. The molecule has 0 spiro atoms. The highest BCUT2D eigenvalue weighted by molar-refractivity contribution is 6.09. The van der Waals surface area contributed by atoms with E-state index in [0.717, 1.165) is 0 Å². The first-order chi connectivity index (χ1) is 18.5. The molecule has 6 heteroatoms. The second-order valence-corrected chi connectivity index (χ2v) is 8.85. The van der Waals surface area contributed by atoms with Crippen molar-refractivity contribution in [2.24, 2.45) is 0 Å². The fraction of sp³-hybridized carbons (Fsp3) is 0.125. The van der Waals surface area contributed by atoms with Crippen LogP contribution in [0.3, 0.4) is 0 Å². The summed E-state index contributed by atoms with van der Waals surface area (Å²) in [5, 5.41) is 5.65. The Bertz CT molecular complexity index is 1290. The summed E-state index contributed by atoms with van der Waals surface area (Å²) in [5.41, 5.74) is 3.57. The van der Waals surface area contributed by atoms with Crippen LogP contribution in [-0.4, -0.2) is 23.4 Å². The van der Waals surface area contributed by atoms with Crippen molar-refractivity contribution in [3.05, 3.63) is 131 Å². The second-order valence-electron chi connectivity index (χ2n) is 8.85. The Morgan fingerprint density at radius 1 is 0.421 bits per heavy atom. The number of unbranched alkanes of at least 4 members (excludes halogenated alkanes) is 1. The lowest BCUT2D eigenvalue weighted by Gasteiger charge is -2.08. The number of carbonyl (C=O) groups excluding carboxylic acids is 4. The molecule has 2 N–H and O–H groups in total. The summed E-state index contributed by atoms with van der Waals surface area (Å²) >= 11 is 0. The van der Waals surface area contributed by atoms with E-state index in [9.17, 15) is 19.2 Å². The van der Waals surface area contributed by atoms with Crippen molar-refractivity contribution in [2.75, 3.05) is 10.6 Å². The van der Waals surface area contributed by atoms with E-state index in [1.807, 2.05) is 36.4 Å². The number of nitrogens with one attached hydrogen (secondary N) is 2. The maximum absolute atomic E-state index is 12.5. The molecule has 4 aromatic carbocycles. The molecule has 0 saturated carbocycles. The molecule has 38 heavy (non-hydrogen) atoms. The molecule has 0 aliphatic rings. The van der Waals surface area contributed by atoms with Crippen LogP contribution in [0.4, 0.5) is 11.4 Å².